The second-order valence-electron chi connectivity index (χ2n) is 5.56. The van der Waals surface area contributed by atoms with Crippen LogP contribution in [0.4, 0.5) is 0 Å². The summed E-state index contributed by atoms with van der Waals surface area (Å²) < 4.78 is 10.1. The predicted molar refractivity (Wildman–Crippen MR) is 90.7 cm³/mol. The molecule has 0 N–H and O–H groups in total. The molecule has 0 heterocycles. The van der Waals surface area contributed by atoms with E-state index in [1.54, 1.807) is 31.2 Å². The van der Waals surface area contributed by atoms with Crippen LogP contribution in [0.25, 0.3) is 0 Å². The highest BCUT2D eigenvalue weighted by Gasteiger charge is 2.10. The van der Waals surface area contributed by atoms with Crippen molar-refractivity contribution in [2.75, 3.05) is 13.2 Å². The Labute approximate surface area is 139 Å². The summed E-state index contributed by atoms with van der Waals surface area (Å²) in [6.45, 7) is 4.75. The van der Waals surface area contributed by atoms with Gasteiger partial charge in [0.15, 0.2) is 0 Å². The van der Waals surface area contributed by atoms with Crippen LogP contribution in [0.2, 0.25) is 0 Å². The number of hydrogen-bond acceptors (Lipinski definition) is 4. The molecule has 1 rings (SSSR count). The summed E-state index contributed by atoms with van der Waals surface area (Å²) in [5.41, 5.74) is 0.900. The largest absolute Gasteiger partial charge is 0.462 e. The maximum atomic E-state index is 11.9. The minimum atomic E-state index is -0.379. The summed E-state index contributed by atoms with van der Waals surface area (Å²) in [5.74, 6) is -0.720. The first-order valence-electron chi connectivity index (χ1n) is 8.63. The lowest BCUT2D eigenvalue weighted by Crippen LogP contribution is -2.08. The first-order chi connectivity index (χ1) is 11.2. The minimum Gasteiger partial charge on any atom is -0.462 e. The molecule has 0 aromatic heterocycles. The molecule has 4 heteroatoms. The average molecular weight is 320 g/mol. The maximum absolute atomic E-state index is 11.9. The van der Waals surface area contributed by atoms with Crippen LogP contribution >= 0.6 is 0 Å². The van der Waals surface area contributed by atoms with Gasteiger partial charge >= 0.3 is 11.9 Å². The Morgan fingerprint density at radius 2 is 1.22 bits per heavy atom. The molecular formula is C19H28O4. The van der Waals surface area contributed by atoms with E-state index in [-0.39, 0.29) is 11.9 Å². The number of esters is 2. The van der Waals surface area contributed by atoms with E-state index in [1.807, 2.05) is 0 Å². The van der Waals surface area contributed by atoms with Gasteiger partial charge in [0.2, 0.25) is 0 Å². The highest BCUT2D eigenvalue weighted by Crippen LogP contribution is 2.09. The lowest BCUT2D eigenvalue weighted by molar-refractivity contribution is 0.0491. The number of rotatable bonds is 11. The van der Waals surface area contributed by atoms with E-state index in [0.717, 1.165) is 12.8 Å². The zero-order chi connectivity index (χ0) is 16.9. The number of carbonyl (C=O) groups excluding carboxylic acids is 2. The van der Waals surface area contributed by atoms with E-state index < -0.39 is 0 Å². The van der Waals surface area contributed by atoms with Gasteiger partial charge in [0.05, 0.1) is 24.3 Å². The Hall–Kier alpha value is -1.84. The van der Waals surface area contributed by atoms with Crippen LogP contribution in [-0.2, 0) is 9.47 Å². The summed E-state index contributed by atoms with van der Waals surface area (Å²) in [4.78, 5) is 23.4. The Bertz CT molecular complexity index is 465. The second kappa shape index (κ2) is 11.7. The van der Waals surface area contributed by atoms with Crippen molar-refractivity contribution < 1.29 is 19.1 Å². The van der Waals surface area contributed by atoms with Crippen LogP contribution in [-0.4, -0.2) is 25.2 Å². The van der Waals surface area contributed by atoms with E-state index in [9.17, 15) is 9.59 Å². The molecule has 0 unspecified atom stereocenters. The average Bonchev–Trinajstić information content (AvgIpc) is 2.57. The Kier molecular flexibility index (Phi) is 9.76. The Morgan fingerprint density at radius 1 is 0.739 bits per heavy atom. The van der Waals surface area contributed by atoms with Gasteiger partial charge in [-0.3, -0.25) is 0 Å². The Balaban J connectivity index is 2.23. The van der Waals surface area contributed by atoms with Crippen molar-refractivity contribution in [2.24, 2.45) is 0 Å². The number of unbranched alkanes of at least 4 members (excludes halogenated alkanes) is 6. The molecule has 0 bridgehead atoms. The SMILES string of the molecule is CCCCCCCCCOC(=O)c1ccc(C(=O)OCC)cc1. The molecule has 0 aliphatic heterocycles. The number of carbonyl (C=O) groups is 2. The molecule has 23 heavy (non-hydrogen) atoms. The molecule has 0 atom stereocenters. The molecule has 0 aliphatic carbocycles. The third-order valence-electron chi connectivity index (χ3n) is 3.61. The molecule has 4 nitrogen and oxygen atoms in total. The summed E-state index contributed by atoms with van der Waals surface area (Å²) in [5, 5.41) is 0. The molecule has 0 saturated heterocycles. The van der Waals surface area contributed by atoms with Crippen molar-refractivity contribution in [1.29, 1.82) is 0 Å². The van der Waals surface area contributed by atoms with Crippen molar-refractivity contribution in [3.8, 4) is 0 Å². The van der Waals surface area contributed by atoms with Gasteiger partial charge in [-0.05, 0) is 37.6 Å². The molecule has 0 radical (unpaired) electrons. The molecule has 0 amide bonds. The third kappa shape index (κ3) is 7.82. The molecule has 1 aromatic carbocycles. The summed E-state index contributed by atoms with van der Waals surface area (Å²) in [6, 6.07) is 6.36. The molecule has 0 saturated carbocycles. The molecule has 0 aliphatic rings. The molecular weight excluding hydrogens is 292 g/mol. The molecule has 0 spiro atoms. The summed E-state index contributed by atoms with van der Waals surface area (Å²) in [6.07, 6.45) is 8.31. The van der Waals surface area contributed by atoms with Gasteiger partial charge in [0.1, 0.15) is 0 Å². The van der Waals surface area contributed by atoms with Crippen molar-refractivity contribution in [3.63, 3.8) is 0 Å². The zero-order valence-electron chi connectivity index (χ0n) is 14.3. The summed E-state index contributed by atoms with van der Waals surface area (Å²) in [7, 11) is 0. The van der Waals surface area contributed by atoms with Gasteiger partial charge in [0.25, 0.3) is 0 Å². The summed E-state index contributed by atoms with van der Waals surface area (Å²) >= 11 is 0. The van der Waals surface area contributed by atoms with Crippen LogP contribution < -0.4 is 0 Å². The Morgan fingerprint density at radius 3 is 1.74 bits per heavy atom. The first-order valence-corrected chi connectivity index (χ1v) is 8.63. The van der Waals surface area contributed by atoms with E-state index in [4.69, 9.17) is 9.47 Å². The van der Waals surface area contributed by atoms with Crippen LogP contribution in [0.5, 0.6) is 0 Å². The van der Waals surface area contributed by atoms with Gasteiger partial charge in [-0.2, -0.15) is 0 Å². The quantitative estimate of drug-likeness (QED) is 0.435. The highest BCUT2D eigenvalue weighted by atomic mass is 16.5. The van der Waals surface area contributed by atoms with E-state index in [2.05, 4.69) is 6.92 Å². The normalized spacial score (nSPS) is 10.3. The number of benzene rings is 1. The number of ether oxygens (including phenoxy) is 2. The van der Waals surface area contributed by atoms with E-state index in [0.29, 0.717) is 24.3 Å². The molecule has 128 valence electrons. The smallest absolute Gasteiger partial charge is 0.338 e. The van der Waals surface area contributed by atoms with Crippen molar-refractivity contribution >= 4 is 11.9 Å². The third-order valence-corrected chi connectivity index (χ3v) is 3.61. The van der Waals surface area contributed by atoms with Gasteiger partial charge < -0.3 is 9.47 Å². The van der Waals surface area contributed by atoms with Crippen molar-refractivity contribution in [1.82, 2.24) is 0 Å². The predicted octanol–water partition coefficient (Wildman–Crippen LogP) is 4.77. The fourth-order valence-electron chi connectivity index (χ4n) is 2.26. The monoisotopic (exact) mass is 320 g/mol. The van der Waals surface area contributed by atoms with Gasteiger partial charge in [-0.15, -0.1) is 0 Å². The van der Waals surface area contributed by atoms with Crippen molar-refractivity contribution in [2.45, 2.75) is 58.8 Å². The van der Waals surface area contributed by atoms with Gasteiger partial charge in [-0.25, -0.2) is 9.59 Å². The lowest BCUT2D eigenvalue weighted by Gasteiger charge is -2.06. The van der Waals surface area contributed by atoms with Gasteiger partial charge in [-0.1, -0.05) is 45.4 Å². The van der Waals surface area contributed by atoms with E-state index >= 15 is 0 Å². The fourth-order valence-corrected chi connectivity index (χ4v) is 2.26. The van der Waals surface area contributed by atoms with Crippen LogP contribution in [0, 0.1) is 0 Å². The van der Waals surface area contributed by atoms with Crippen LogP contribution in [0.15, 0.2) is 24.3 Å². The molecule has 0 fully saturated rings. The first kappa shape index (κ1) is 19.2. The maximum Gasteiger partial charge on any atom is 0.338 e. The standard InChI is InChI=1S/C19H28O4/c1-3-5-6-7-8-9-10-15-23-19(21)17-13-11-16(12-14-17)18(20)22-4-2/h11-14H,3-10,15H2,1-2H3. The van der Waals surface area contributed by atoms with Crippen molar-refractivity contribution in [3.05, 3.63) is 35.4 Å². The lowest BCUT2D eigenvalue weighted by atomic mass is 10.1. The topological polar surface area (TPSA) is 52.6 Å². The number of hydrogen-bond donors (Lipinski definition) is 0. The second-order valence-corrected chi connectivity index (χ2v) is 5.56. The van der Waals surface area contributed by atoms with Gasteiger partial charge in [0, 0.05) is 0 Å². The highest BCUT2D eigenvalue weighted by molar-refractivity contribution is 5.93. The fraction of sp³-hybridized carbons (Fsp3) is 0.579. The molecule has 1 aromatic rings. The zero-order valence-corrected chi connectivity index (χ0v) is 14.3. The van der Waals surface area contributed by atoms with E-state index in [1.165, 1.54) is 32.1 Å². The van der Waals surface area contributed by atoms with Crippen LogP contribution in [0.1, 0.15) is 79.5 Å². The minimum absolute atomic E-state index is 0.334. The van der Waals surface area contributed by atoms with Crippen LogP contribution in [0.3, 0.4) is 0 Å².